The van der Waals surface area contributed by atoms with Gasteiger partial charge in [0.1, 0.15) is 4.90 Å². The molecule has 1 saturated carbocycles. The van der Waals surface area contributed by atoms with E-state index in [1.165, 1.54) is 22.8 Å². The second kappa shape index (κ2) is 7.01. The summed E-state index contributed by atoms with van der Waals surface area (Å²) in [6.07, 6.45) is 4.26. The molecule has 128 valence electrons. The van der Waals surface area contributed by atoms with E-state index in [9.17, 15) is 13.2 Å². The fraction of sp³-hybridized carbons (Fsp3) is 0.235. The van der Waals surface area contributed by atoms with E-state index in [2.05, 4.69) is 10.3 Å². The maximum absolute atomic E-state index is 12.8. The average molecular weight is 356 g/mol. The Morgan fingerprint density at radius 1 is 1.28 bits per heavy atom. The lowest BCUT2D eigenvalue weighted by atomic mass is 10.2. The van der Waals surface area contributed by atoms with Gasteiger partial charge in [-0.05, 0) is 49.2 Å². The van der Waals surface area contributed by atoms with Gasteiger partial charge in [0, 0.05) is 24.1 Å². The number of carbonyl (C=O) groups is 1. The molecule has 1 aromatic carbocycles. The van der Waals surface area contributed by atoms with Gasteiger partial charge in [-0.25, -0.2) is 8.42 Å². The molecular formula is C17H16N4O3S. The van der Waals surface area contributed by atoms with Crippen LogP contribution in [0.1, 0.15) is 18.4 Å². The van der Waals surface area contributed by atoms with Crippen molar-refractivity contribution < 1.29 is 13.2 Å². The molecule has 2 aromatic rings. The van der Waals surface area contributed by atoms with Crippen molar-refractivity contribution in [1.29, 1.82) is 5.26 Å². The minimum absolute atomic E-state index is 0.0769. The van der Waals surface area contributed by atoms with Crippen LogP contribution < -0.4 is 5.32 Å². The number of pyridine rings is 1. The van der Waals surface area contributed by atoms with Crippen molar-refractivity contribution in [3.8, 4) is 6.07 Å². The normalized spacial score (nSPS) is 14.1. The molecule has 0 bridgehead atoms. The number of sulfonamides is 1. The summed E-state index contributed by atoms with van der Waals surface area (Å²) in [5.41, 5.74) is 0.996. The summed E-state index contributed by atoms with van der Waals surface area (Å²) in [6.45, 7) is -0.262. The smallest absolute Gasteiger partial charge is 0.245 e. The van der Waals surface area contributed by atoms with E-state index in [1.807, 2.05) is 6.07 Å². The lowest BCUT2D eigenvalue weighted by molar-refractivity contribution is -0.116. The SMILES string of the molecule is N#Cc1ccc(NC(=O)CN(C2CC2)S(=O)(=O)c2cccnc2)cc1. The summed E-state index contributed by atoms with van der Waals surface area (Å²) in [5.74, 6) is -0.427. The third kappa shape index (κ3) is 4.02. The zero-order valence-electron chi connectivity index (χ0n) is 13.3. The second-order valence-corrected chi connectivity index (χ2v) is 7.60. The first-order valence-electron chi connectivity index (χ1n) is 7.72. The topological polar surface area (TPSA) is 103 Å². The highest BCUT2D eigenvalue weighted by molar-refractivity contribution is 7.89. The van der Waals surface area contributed by atoms with E-state index in [0.717, 1.165) is 12.8 Å². The fourth-order valence-corrected chi connectivity index (χ4v) is 3.98. The molecule has 7 nitrogen and oxygen atoms in total. The van der Waals surface area contributed by atoms with Crippen LogP contribution in [0.4, 0.5) is 5.69 Å². The Hall–Kier alpha value is -2.76. The molecule has 25 heavy (non-hydrogen) atoms. The highest BCUT2D eigenvalue weighted by atomic mass is 32.2. The van der Waals surface area contributed by atoms with Gasteiger partial charge < -0.3 is 5.32 Å². The van der Waals surface area contributed by atoms with Crippen molar-refractivity contribution in [2.75, 3.05) is 11.9 Å². The predicted molar refractivity (Wildman–Crippen MR) is 90.9 cm³/mol. The Morgan fingerprint density at radius 2 is 2.00 bits per heavy atom. The third-order valence-corrected chi connectivity index (χ3v) is 5.67. The van der Waals surface area contributed by atoms with Crippen LogP contribution in [0.5, 0.6) is 0 Å². The number of hydrogen-bond acceptors (Lipinski definition) is 5. The molecule has 0 spiro atoms. The molecule has 1 aliphatic rings. The average Bonchev–Trinajstić information content (AvgIpc) is 3.46. The minimum Gasteiger partial charge on any atom is -0.325 e. The van der Waals surface area contributed by atoms with Crippen molar-refractivity contribution in [2.24, 2.45) is 0 Å². The van der Waals surface area contributed by atoms with E-state index < -0.39 is 15.9 Å². The van der Waals surface area contributed by atoms with Crippen LogP contribution in [0, 0.1) is 11.3 Å². The van der Waals surface area contributed by atoms with E-state index in [-0.39, 0.29) is 17.5 Å². The monoisotopic (exact) mass is 356 g/mol. The summed E-state index contributed by atoms with van der Waals surface area (Å²) in [5, 5.41) is 11.4. The molecule has 1 amide bonds. The van der Waals surface area contributed by atoms with Gasteiger partial charge >= 0.3 is 0 Å². The number of nitrogens with zero attached hydrogens (tertiary/aromatic N) is 3. The summed E-state index contributed by atoms with van der Waals surface area (Å²) in [6, 6.07) is 11.2. The Bertz CT molecular complexity index is 901. The van der Waals surface area contributed by atoms with Crippen LogP contribution >= 0.6 is 0 Å². The molecule has 1 heterocycles. The van der Waals surface area contributed by atoms with Crippen molar-refractivity contribution in [1.82, 2.24) is 9.29 Å². The van der Waals surface area contributed by atoms with E-state index in [0.29, 0.717) is 11.3 Å². The standard InChI is InChI=1S/C17H16N4O3S/c18-10-13-3-5-14(6-4-13)20-17(22)12-21(15-7-8-15)25(23,24)16-2-1-9-19-11-16/h1-6,9,11,15H,7-8,12H2,(H,20,22). The predicted octanol–water partition coefficient (Wildman–Crippen LogP) is 1.75. The first kappa shape index (κ1) is 17.1. The highest BCUT2D eigenvalue weighted by Gasteiger charge is 2.39. The number of benzene rings is 1. The van der Waals surface area contributed by atoms with Gasteiger partial charge in [-0.15, -0.1) is 0 Å². The quantitative estimate of drug-likeness (QED) is 0.849. The summed E-state index contributed by atoms with van der Waals surface area (Å²) in [7, 11) is -3.77. The molecular weight excluding hydrogens is 340 g/mol. The van der Waals surface area contributed by atoms with Gasteiger partial charge in [0.05, 0.1) is 18.2 Å². The number of anilines is 1. The number of nitrogens with one attached hydrogen (secondary N) is 1. The van der Waals surface area contributed by atoms with Crippen molar-refractivity contribution in [3.05, 3.63) is 54.4 Å². The van der Waals surface area contributed by atoms with Crippen molar-refractivity contribution in [3.63, 3.8) is 0 Å². The molecule has 0 atom stereocenters. The van der Waals surface area contributed by atoms with Gasteiger partial charge in [0.25, 0.3) is 0 Å². The van der Waals surface area contributed by atoms with Crippen LogP contribution in [-0.2, 0) is 14.8 Å². The lowest BCUT2D eigenvalue weighted by Gasteiger charge is -2.21. The van der Waals surface area contributed by atoms with E-state index >= 15 is 0 Å². The minimum atomic E-state index is -3.77. The number of carbonyl (C=O) groups excluding carboxylic acids is 1. The molecule has 0 radical (unpaired) electrons. The first-order chi connectivity index (χ1) is 12.0. The zero-order chi connectivity index (χ0) is 17.9. The molecule has 0 saturated heterocycles. The molecule has 1 aromatic heterocycles. The van der Waals surface area contributed by atoms with Crippen LogP contribution in [-0.4, -0.2) is 36.2 Å². The fourth-order valence-electron chi connectivity index (χ4n) is 2.38. The number of aromatic nitrogens is 1. The van der Waals surface area contributed by atoms with Gasteiger partial charge in [0.2, 0.25) is 15.9 Å². The van der Waals surface area contributed by atoms with Crippen LogP contribution in [0.15, 0.2) is 53.7 Å². The molecule has 0 unspecified atom stereocenters. The van der Waals surface area contributed by atoms with Gasteiger partial charge in [0.15, 0.2) is 0 Å². The van der Waals surface area contributed by atoms with Crippen molar-refractivity contribution >= 4 is 21.6 Å². The number of nitriles is 1. The van der Waals surface area contributed by atoms with Crippen LogP contribution in [0.3, 0.4) is 0 Å². The first-order valence-corrected chi connectivity index (χ1v) is 9.16. The molecule has 3 rings (SSSR count). The molecule has 1 fully saturated rings. The molecule has 0 aliphatic heterocycles. The van der Waals surface area contributed by atoms with E-state index in [4.69, 9.17) is 5.26 Å². The lowest BCUT2D eigenvalue weighted by Crippen LogP contribution is -2.39. The van der Waals surface area contributed by atoms with Gasteiger partial charge in [-0.1, -0.05) is 0 Å². The number of rotatable bonds is 6. The zero-order valence-corrected chi connectivity index (χ0v) is 14.1. The van der Waals surface area contributed by atoms with E-state index in [1.54, 1.807) is 30.3 Å². The summed E-state index contributed by atoms with van der Waals surface area (Å²) < 4.78 is 26.7. The molecule has 1 aliphatic carbocycles. The Labute approximate surface area is 146 Å². The largest absolute Gasteiger partial charge is 0.325 e. The number of amides is 1. The van der Waals surface area contributed by atoms with Gasteiger partial charge in [-0.2, -0.15) is 9.57 Å². The van der Waals surface area contributed by atoms with Gasteiger partial charge in [-0.3, -0.25) is 9.78 Å². The Balaban J connectivity index is 1.74. The maximum Gasteiger partial charge on any atom is 0.245 e. The van der Waals surface area contributed by atoms with Crippen molar-refractivity contribution in [2.45, 2.75) is 23.8 Å². The maximum atomic E-state index is 12.8. The molecule has 8 heteroatoms. The Kier molecular flexibility index (Phi) is 4.79. The number of hydrogen-bond donors (Lipinski definition) is 1. The van der Waals surface area contributed by atoms with Crippen LogP contribution in [0.2, 0.25) is 0 Å². The summed E-state index contributed by atoms with van der Waals surface area (Å²) in [4.78, 5) is 16.2. The molecule has 1 N–H and O–H groups in total. The third-order valence-electron chi connectivity index (χ3n) is 3.79. The van der Waals surface area contributed by atoms with Crippen LogP contribution in [0.25, 0.3) is 0 Å². The Morgan fingerprint density at radius 3 is 2.56 bits per heavy atom. The highest BCUT2D eigenvalue weighted by Crippen LogP contribution is 2.31. The summed E-state index contributed by atoms with van der Waals surface area (Å²) >= 11 is 0. The second-order valence-electron chi connectivity index (χ2n) is 5.71.